The Morgan fingerprint density at radius 3 is 2.71 bits per heavy atom. The lowest BCUT2D eigenvalue weighted by atomic mass is 10.1. The number of fused-ring (bicyclic) bond motifs is 1. The predicted molar refractivity (Wildman–Crippen MR) is 97.7 cm³/mol. The largest absolute Gasteiger partial charge is 0.398 e. The van der Waals surface area contributed by atoms with Crippen LogP contribution >= 0.6 is 34.2 Å². The summed E-state index contributed by atoms with van der Waals surface area (Å²) in [6.07, 6.45) is 0. The third-order valence-corrected chi connectivity index (χ3v) is 4.41. The van der Waals surface area contributed by atoms with Crippen LogP contribution in [0, 0.1) is 3.57 Å². The number of hydrogen-bond acceptors (Lipinski definition) is 2. The first-order valence-electron chi connectivity index (χ1n) is 6.71. The van der Waals surface area contributed by atoms with Gasteiger partial charge in [-0.3, -0.25) is 0 Å². The second-order valence-corrected chi connectivity index (χ2v) is 6.89. The molecule has 0 spiro atoms. The highest BCUT2D eigenvalue weighted by atomic mass is 127. The molecule has 0 saturated carbocycles. The molecule has 108 valence electrons. The van der Waals surface area contributed by atoms with Crippen LogP contribution in [0.2, 0.25) is 5.02 Å². The molecule has 3 nitrogen and oxygen atoms in total. The monoisotopic (exact) mass is 411 g/mol. The summed E-state index contributed by atoms with van der Waals surface area (Å²) in [6, 6.07) is 12.0. The Labute approximate surface area is 142 Å². The van der Waals surface area contributed by atoms with E-state index >= 15 is 0 Å². The van der Waals surface area contributed by atoms with Gasteiger partial charge in [0.1, 0.15) is 5.82 Å². The van der Waals surface area contributed by atoms with E-state index in [4.69, 9.17) is 22.3 Å². The highest BCUT2D eigenvalue weighted by molar-refractivity contribution is 14.1. The van der Waals surface area contributed by atoms with Crippen LogP contribution in [0.4, 0.5) is 5.69 Å². The normalized spacial score (nSPS) is 11.5. The number of halogens is 2. The quantitative estimate of drug-likeness (QED) is 0.469. The first-order valence-corrected chi connectivity index (χ1v) is 8.16. The Hall–Kier alpha value is -1.27. The Morgan fingerprint density at radius 2 is 2.00 bits per heavy atom. The molecule has 0 radical (unpaired) electrons. The Bertz CT molecular complexity index is 824. The van der Waals surface area contributed by atoms with E-state index in [9.17, 15) is 0 Å². The van der Waals surface area contributed by atoms with Gasteiger partial charge in [-0.2, -0.15) is 0 Å². The van der Waals surface area contributed by atoms with Gasteiger partial charge in [0.25, 0.3) is 0 Å². The summed E-state index contributed by atoms with van der Waals surface area (Å²) in [4.78, 5) is 4.76. The number of hydrogen-bond donors (Lipinski definition) is 1. The van der Waals surface area contributed by atoms with Crippen LogP contribution in [0.5, 0.6) is 0 Å². The summed E-state index contributed by atoms with van der Waals surface area (Å²) in [7, 11) is 0. The molecular formula is C16H15ClIN3. The van der Waals surface area contributed by atoms with Crippen LogP contribution in [0.15, 0.2) is 36.4 Å². The Morgan fingerprint density at radius 1 is 1.24 bits per heavy atom. The zero-order chi connectivity index (χ0) is 15.1. The maximum Gasteiger partial charge on any atom is 0.143 e. The van der Waals surface area contributed by atoms with Gasteiger partial charge in [-0.1, -0.05) is 17.7 Å². The molecule has 0 fully saturated rings. The molecule has 5 heteroatoms. The van der Waals surface area contributed by atoms with Gasteiger partial charge in [0.15, 0.2) is 0 Å². The van der Waals surface area contributed by atoms with Gasteiger partial charge >= 0.3 is 0 Å². The van der Waals surface area contributed by atoms with Gasteiger partial charge in [0.2, 0.25) is 0 Å². The van der Waals surface area contributed by atoms with Crippen molar-refractivity contribution in [1.82, 2.24) is 9.55 Å². The van der Waals surface area contributed by atoms with E-state index in [2.05, 4.69) is 47.1 Å². The molecule has 0 aliphatic carbocycles. The van der Waals surface area contributed by atoms with Crippen LogP contribution in [0.1, 0.15) is 19.9 Å². The number of nitrogen functional groups attached to an aromatic ring is 1. The lowest BCUT2D eigenvalue weighted by molar-refractivity contribution is 0.624. The Balaban J connectivity index is 2.40. The fourth-order valence-corrected chi connectivity index (χ4v) is 3.27. The Kier molecular flexibility index (Phi) is 3.84. The van der Waals surface area contributed by atoms with E-state index in [1.165, 1.54) is 0 Å². The number of benzene rings is 2. The number of para-hydroxylation sites is 1. The number of anilines is 1. The average molecular weight is 412 g/mol. The predicted octanol–water partition coefficient (Wildman–Crippen LogP) is 5.12. The molecule has 0 unspecified atom stereocenters. The van der Waals surface area contributed by atoms with E-state index in [0.29, 0.717) is 5.02 Å². The maximum absolute atomic E-state index is 6.38. The van der Waals surface area contributed by atoms with Crippen molar-refractivity contribution in [1.29, 1.82) is 0 Å². The van der Waals surface area contributed by atoms with Crippen LogP contribution in [0.25, 0.3) is 22.4 Å². The fraction of sp³-hybridized carbons (Fsp3) is 0.188. The number of nitrogens with two attached hydrogens (primary N) is 1. The number of imidazole rings is 1. The molecule has 0 atom stereocenters. The molecule has 0 saturated heterocycles. The first kappa shape index (κ1) is 14.7. The van der Waals surface area contributed by atoms with E-state index in [1.807, 2.05) is 30.3 Å². The maximum atomic E-state index is 6.38. The molecule has 0 aliphatic heterocycles. The van der Waals surface area contributed by atoms with Crippen LogP contribution in [0.3, 0.4) is 0 Å². The summed E-state index contributed by atoms with van der Waals surface area (Å²) in [5, 5.41) is 0.712. The van der Waals surface area contributed by atoms with Gasteiger partial charge in [-0.15, -0.1) is 0 Å². The standard InChI is InChI=1S/C16H15ClIN3/c1-9(2)21-15-12(17)4-3-5-14(15)20-16(21)11-8-10(18)6-7-13(11)19/h3-9H,19H2,1-2H3. The van der Waals surface area contributed by atoms with E-state index in [1.54, 1.807) is 0 Å². The molecule has 0 amide bonds. The highest BCUT2D eigenvalue weighted by Gasteiger charge is 2.18. The molecular weight excluding hydrogens is 397 g/mol. The average Bonchev–Trinajstić information content (AvgIpc) is 2.82. The zero-order valence-electron chi connectivity index (χ0n) is 11.8. The van der Waals surface area contributed by atoms with Gasteiger partial charge in [0.05, 0.1) is 16.1 Å². The lowest BCUT2D eigenvalue weighted by Crippen LogP contribution is -2.05. The molecule has 0 aliphatic rings. The van der Waals surface area contributed by atoms with Crippen LogP contribution in [-0.4, -0.2) is 9.55 Å². The van der Waals surface area contributed by atoms with Crippen LogP contribution in [-0.2, 0) is 0 Å². The molecule has 0 bridgehead atoms. The topological polar surface area (TPSA) is 43.8 Å². The minimum atomic E-state index is 0.238. The second-order valence-electron chi connectivity index (χ2n) is 5.24. The molecule has 3 rings (SSSR count). The van der Waals surface area contributed by atoms with E-state index < -0.39 is 0 Å². The van der Waals surface area contributed by atoms with Crippen molar-refractivity contribution >= 4 is 50.9 Å². The van der Waals surface area contributed by atoms with Crippen LogP contribution < -0.4 is 5.73 Å². The summed E-state index contributed by atoms with van der Waals surface area (Å²) in [5.74, 6) is 0.865. The first-order chi connectivity index (χ1) is 9.99. The van der Waals surface area contributed by atoms with Crippen molar-refractivity contribution in [2.45, 2.75) is 19.9 Å². The summed E-state index contributed by atoms with van der Waals surface area (Å²) < 4.78 is 3.28. The molecule has 1 heterocycles. The molecule has 3 aromatic rings. The third-order valence-electron chi connectivity index (χ3n) is 3.43. The second kappa shape index (κ2) is 5.50. The lowest BCUT2D eigenvalue weighted by Gasteiger charge is -2.15. The fourth-order valence-electron chi connectivity index (χ4n) is 2.52. The van der Waals surface area contributed by atoms with Gasteiger partial charge in [0, 0.05) is 20.9 Å². The minimum Gasteiger partial charge on any atom is -0.398 e. The molecule has 2 N–H and O–H groups in total. The molecule has 21 heavy (non-hydrogen) atoms. The van der Waals surface area contributed by atoms with Crippen molar-refractivity contribution < 1.29 is 0 Å². The van der Waals surface area contributed by atoms with Crippen molar-refractivity contribution in [2.75, 3.05) is 5.73 Å². The van der Waals surface area contributed by atoms with E-state index in [-0.39, 0.29) is 6.04 Å². The van der Waals surface area contributed by atoms with E-state index in [0.717, 1.165) is 31.7 Å². The molecule has 2 aromatic carbocycles. The smallest absolute Gasteiger partial charge is 0.143 e. The third kappa shape index (κ3) is 2.51. The van der Waals surface area contributed by atoms with Gasteiger partial charge in [-0.05, 0) is 66.8 Å². The minimum absolute atomic E-state index is 0.238. The molecule has 1 aromatic heterocycles. The van der Waals surface area contributed by atoms with Crippen molar-refractivity contribution in [3.05, 3.63) is 45.0 Å². The van der Waals surface area contributed by atoms with Gasteiger partial charge in [-0.25, -0.2) is 4.98 Å². The highest BCUT2D eigenvalue weighted by Crippen LogP contribution is 2.35. The summed E-state index contributed by atoms with van der Waals surface area (Å²) in [5.41, 5.74) is 9.69. The van der Waals surface area contributed by atoms with Crippen molar-refractivity contribution in [2.24, 2.45) is 0 Å². The zero-order valence-corrected chi connectivity index (χ0v) is 14.7. The van der Waals surface area contributed by atoms with Gasteiger partial charge < -0.3 is 10.3 Å². The number of rotatable bonds is 2. The van der Waals surface area contributed by atoms with Crippen molar-refractivity contribution in [3.8, 4) is 11.4 Å². The summed E-state index contributed by atoms with van der Waals surface area (Å²) in [6.45, 7) is 4.25. The number of aromatic nitrogens is 2. The number of nitrogens with zero attached hydrogens (tertiary/aromatic N) is 2. The SMILES string of the molecule is CC(C)n1c(-c2cc(I)ccc2N)nc2cccc(Cl)c21. The summed E-state index contributed by atoms with van der Waals surface area (Å²) >= 11 is 8.67. The van der Waals surface area contributed by atoms with Crippen molar-refractivity contribution in [3.63, 3.8) is 0 Å².